The van der Waals surface area contributed by atoms with Crippen molar-refractivity contribution >= 4 is 12.1 Å². The summed E-state index contributed by atoms with van der Waals surface area (Å²) in [6.45, 7) is 5.55. The summed E-state index contributed by atoms with van der Waals surface area (Å²) in [7, 11) is 1.87. The Morgan fingerprint density at radius 1 is 1.32 bits per heavy atom. The molecule has 1 saturated heterocycles. The molecule has 2 aromatic heterocycles. The molecule has 6 heteroatoms. The number of hydrogen-bond donors (Lipinski definition) is 0. The van der Waals surface area contributed by atoms with E-state index in [1.807, 2.05) is 33.0 Å². The van der Waals surface area contributed by atoms with Gasteiger partial charge < -0.3 is 9.64 Å². The summed E-state index contributed by atoms with van der Waals surface area (Å²) in [5.41, 5.74) is 2.42. The molecule has 0 bridgehead atoms. The summed E-state index contributed by atoms with van der Waals surface area (Å²) in [5, 5.41) is 4.15. The Morgan fingerprint density at radius 3 is 2.64 bits per heavy atom. The fraction of sp³-hybridized carbons (Fsp3) is 0.438. The van der Waals surface area contributed by atoms with Crippen LogP contribution in [0.2, 0.25) is 0 Å². The average Bonchev–Trinajstić information content (AvgIpc) is 2.91. The highest BCUT2D eigenvalue weighted by atomic mass is 16.5. The first kappa shape index (κ1) is 14.7. The lowest BCUT2D eigenvalue weighted by Crippen LogP contribution is -2.46. The smallest absolute Gasteiger partial charge is 0.153 e. The van der Waals surface area contributed by atoms with Crippen molar-refractivity contribution in [3.05, 3.63) is 30.1 Å². The molecular formula is C16H20N4O2. The minimum atomic E-state index is 0.127. The van der Waals surface area contributed by atoms with E-state index in [0.29, 0.717) is 5.56 Å². The Kier molecular flexibility index (Phi) is 3.94. The van der Waals surface area contributed by atoms with Crippen LogP contribution in [0, 0.1) is 0 Å². The van der Waals surface area contributed by atoms with E-state index < -0.39 is 0 Å². The lowest BCUT2D eigenvalue weighted by molar-refractivity contribution is -0.00549. The van der Waals surface area contributed by atoms with E-state index in [1.165, 1.54) is 0 Å². The SMILES string of the molecule is CC1CN(c2ncc(-c3ccnn3C)cc2C=O)CC(C)O1. The average molecular weight is 300 g/mol. The van der Waals surface area contributed by atoms with Crippen molar-refractivity contribution in [2.75, 3.05) is 18.0 Å². The fourth-order valence-electron chi connectivity index (χ4n) is 2.97. The number of anilines is 1. The van der Waals surface area contributed by atoms with Crippen LogP contribution in [0.4, 0.5) is 5.82 Å². The number of pyridine rings is 1. The lowest BCUT2D eigenvalue weighted by atomic mass is 10.1. The maximum atomic E-state index is 11.5. The summed E-state index contributed by atoms with van der Waals surface area (Å²) < 4.78 is 7.51. The second-order valence-corrected chi connectivity index (χ2v) is 5.76. The standard InChI is InChI=1S/C16H20N4O2/c1-11-8-20(9-12(2)22-11)16-14(10-21)6-13(7-17-16)15-4-5-18-19(15)3/h4-7,10-12H,8-9H2,1-3H3. The topological polar surface area (TPSA) is 60.2 Å². The third-order valence-electron chi connectivity index (χ3n) is 3.86. The zero-order chi connectivity index (χ0) is 15.7. The zero-order valence-electron chi connectivity index (χ0n) is 13.1. The van der Waals surface area contributed by atoms with Crippen LogP contribution in [0.15, 0.2) is 24.5 Å². The maximum Gasteiger partial charge on any atom is 0.153 e. The number of morpholine rings is 1. The van der Waals surface area contributed by atoms with Gasteiger partial charge in [-0.2, -0.15) is 5.10 Å². The first-order valence-electron chi connectivity index (χ1n) is 7.42. The second kappa shape index (κ2) is 5.88. The van der Waals surface area contributed by atoms with E-state index in [0.717, 1.165) is 36.5 Å². The molecule has 3 heterocycles. The van der Waals surface area contributed by atoms with E-state index in [-0.39, 0.29) is 12.2 Å². The van der Waals surface area contributed by atoms with Crippen LogP contribution >= 0.6 is 0 Å². The van der Waals surface area contributed by atoms with Crippen LogP contribution in [0.1, 0.15) is 24.2 Å². The molecule has 0 aliphatic carbocycles. The molecule has 0 N–H and O–H groups in total. The number of carbonyl (C=O) groups excluding carboxylic acids is 1. The molecule has 0 radical (unpaired) electrons. The number of aromatic nitrogens is 3. The molecule has 2 aromatic rings. The van der Waals surface area contributed by atoms with Crippen molar-refractivity contribution in [3.8, 4) is 11.3 Å². The Balaban J connectivity index is 1.96. The van der Waals surface area contributed by atoms with Gasteiger partial charge in [-0.3, -0.25) is 9.48 Å². The van der Waals surface area contributed by atoms with Crippen LogP contribution in [0.5, 0.6) is 0 Å². The number of nitrogens with zero attached hydrogens (tertiary/aromatic N) is 4. The second-order valence-electron chi connectivity index (χ2n) is 5.76. The number of aldehydes is 1. The highest BCUT2D eigenvalue weighted by molar-refractivity contribution is 5.85. The highest BCUT2D eigenvalue weighted by Gasteiger charge is 2.25. The van der Waals surface area contributed by atoms with Crippen molar-refractivity contribution < 1.29 is 9.53 Å². The molecule has 22 heavy (non-hydrogen) atoms. The molecule has 1 aliphatic heterocycles. The van der Waals surface area contributed by atoms with E-state index in [1.54, 1.807) is 17.1 Å². The first-order valence-corrected chi connectivity index (χ1v) is 7.42. The van der Waals surface area contributed by atoms with Crippen molar-refractivity contribution in [3.63, 3.8) is 0 Å². The number of rotatable bonds is 3. The Hall–Kier alpha value is -2.21. The molecular weight excluding hydrogens is 280 g/mol. The van der Waals surface area contributed by atoms with E-state index in [9.17, 15) is 4.79 Å². The molecule has 0 amide bonds. The molecule has 0 saturated carbocycles. The quantitative estimate of drug-likeness (QED) is 0.810. The predicted molar refractivity (Wildman–Crippen MR) is 84.0 cm³/mol. The summed E-state index contributed by atoms with van der Waals surface area (Å²) in [5.74, 6) is 0.725. The first-order chi connectivity index (χ1) is 10.6. The Morgan fingerprint density at radius 2 is 2.05 bits per heavy atom. The van der Waals surface area contributed by atoms with Crippen LogP contribution in [0.3, 0.4) is 0 Å². The van der Waals surface area contributed by atoms with Crippen LogP contribution in [0.25, 0.3) is 11.3 Å². The Labute approximate surface area is 129 Å². The van der Waals surface area contributed by atoms with E-state index in [2.05, 4.69) is 15.0 Å². The molecule has 1 fully saturated rings. The largest absolute Gasteiger partial charge is 0.372 e. The van der Waals surface area contributed by atoms with E-state index in [4.69, 9.17) is 4.74 Å². The van der Waals surface area contributed by atoms with Crippen molar-refractivity contribution in [2.45, 2.75) is 26.1 Å². The number of carbonyl (C=O) groups is 1. The predicted octanol–water partition coefficient (Wildman–Crippen LogP) is 1.91. The van der Waals surface area contributed by atoms with Gasteiger partial charge in [0, 0.05) is 38.1 Å². The number of aryl methyl sites for hydroxylation is 1. The summed E-state index contributed by atoms with van der Waals surface area (Å²) in [6.07, 6.45) is 4.65. The normalized spacial score (nSPS) is 21.9. The van der Waals surface area contributed by atoms with Gasteiger partial charge in [-0.1, -0.05) is 0 Å². The minimum Gasteiger partial charge on any atom is -0.372 e. The van der Waals surface area contributed by atoms with Gasteiger partial charge in [0.15, 0.2) is 6.29 Å². The summed E-state index contributed by atoms with van der Waals surface area (Å²) in [4.78, 5) is 18.2. The molecule has 1 aliphatic rings. The molecule has 116 valence electrons. The molecule has 0 aromatic carbocycles. The van der Waals surface area contributed by atoms with Crippen molar-refractivity contribution in [1.29, 1.82) is 0 Å². The minimum absolute atomic E-state index is 0.127. The van der Waals surface area contributed by atoms with Gasteiger partial charge in [0.2, 0.25) is 0 Å². The molecule has 0 spiro atoms. The van der Waals surface area contributed by atoms with Gasteiger partial charge in [0.05, 0.1) is 23.5 Å². The highest BCUT2D eigenvalue weighted by Crippen LogP contribution is 2.26. The van der Waals surface area contributed by atoms with Gasteiger partial charge in [0.1, 0.15) is 5.82 Å². The monoisotopic (exact) mass is 300 g/mol. The lowest BCUT2D eigenvalue weighted by Gasteiger charge is -2.36. The van der Waals surface area contributed by atoms with Crippen LogP contribution < -0.4 is 4.90 Å². The molecule has 2 unspecified atom stereocenters. The van der Waals surface area contributed by atoms with Gasteiger partial charge >= 0.3 is 0 Å². The van der Waals surface area contributed by atoms with Gasteiger partial charge in [-0.25, -0.2) is 4.98 Å². The summed E-state index contributed by atoms with van der Waals surface area (Å²) >= 11 is 0. The van der Waals surface area contributed by atoms with Gasteiger partial charge in [0.25, 0.3) is 0 Å². The van der Waals surface area contributed by atoms with Crippen LogP contribution in [-0.4, -0.2) is 46.3 Å². The molecule has 3 rings (SSSR count). The van der Waals surface area contributed by atoms with Crippen molar-refractivity contribution in [2.24, 2.45) is 7.05 Å². The Bertz CT molecular complexity index is 673. The van der Waals surface area contributed by atoms with E-state index >= 15 is 0 Å². The van der Waals surface area contributed by atoms with Crippen molar-refractivity contribution in [1.82, 2.24) is 14.8 Å². The van der Waals surface area contributed by atoms with Crippen LogP contribution in [-0.2, 0) is 11.8 Å². The number of hydrogen-bond acceptors (Lipinski definition) is 5. The molecule has 6 nitrogen and oxygen atoms in total. The summed E-state index contributed by atoms with van der Waals surface area (Å²) in [6, 6.07) is 3.78. The number of ether oxygens (including phenoxy) is 1. The van der Waals surface area contributed by atoms with Gasteiger partial charge in [-0.15, -0.1) is 0 Å². The third-order valence-corrected chi connectivity index (χ3v) is 3.86. The molecule has 2 atom stereocenters. The third kappa shape index (κ3) is 2.74. The maximum absolute atomic E-state index is 11.5. The zero-order valence-corrected chi connectivity index (χ0v) is 13.1. The fourth-order valence-corrected chi connectivity index (χ4v) is 2.97. The van der Waals surface area contributed by atoms with Gasteiger partial charge in [-0.05, 0) is 26.0 Å².